The van der Waals surface area contributed by atoms with Gasteiger partial charge in [0.2, 0.25) is 5.43 Å². The number of aromatic hydroxyl groups is 2. The maximum absolute atomic E-state index is 13.1. The Labute approximate surface area is 160 Å². The molecule has 2 unspecified atom stereocenters. The summed E-state index contributed by atoms with van der Waals surface area (Å²) in [6.07, 6.45) is -0.211. The van der Waals surface area contributed by atoms with Gasteiger partial charge in [-0.3, -0.25) is 4.79 Å². The molecule has 3 aromatic rings. The predicted molar refractivity (Wildman–Crippen MR) is 102 cm³/mol. The molecule has 0 fully saturated rings. The molecule has 1 aliphatic heterocycles. The summed E-state index contributed by atoms with van der Waals surface area (Å²) in [6, 6.07) is 7.62. The van der Waals surface area contributed by atoms with Crippen molar-refractivity contribution in [2.24, 2.45) is 0 Å². The minimum Gasteiger partial charge on any atom is -0.508 e. The van der Waals surface area contributed by atoms with Crippen LogP contribution in [-0.2, 0) is 4.74 Å². The number of ether oxygens (including phenoxy) is 2. The molecule has 1 aromatic heterocycles. The van der Waals surface area contributed by atoms with Gasteiger partial charge in [0.05, 0.1) is 16.7 Å². The molecule has 0 spiro atoms. The Morgan fingerprint density at radius 3 is 2.43 bits per heavy atom. The SMILES string of the molecule is COC1c2c(cc3occ(-c4ccc(O)cc4)c(=O)c3c2O)OC1C(C)(C)O. The van der Waals surface area contributed by atoms with Gasteiger partial charge in [0, 0.05) is 13.2 Å². The Morgan fingerprint density at radius 1 is 1.14 bits per heavy atom. The lowest BCUT2D eigenvalue weighted by molar-refractivity contribution is -0.0884. The normalized spacial score (nSPS) is 18.9. The number of phenolic OH excluding ortho intramolecular Hbond substituents is 2. The minimum atomic E-state index is -1.24. The quantitative estimate of drug-likeness (QED) is 0.636. The highest BCUT2D eigenvalue weighted by Crippen LogP contribution is 2.49. The molecule has 7 heteroatoms. The molecule has 2 atom stereocenters. The van der Waals surface area contributed by atoms with Gasteiger partial charge in [-0.15, -0.1) is 0 Å². The van der Waals surface area contributed by atoms with E-state index in [1.165, 1.54) is 31.6 Å². The summed E-state index contributed by atoms with van der Waals surface area (Å²) in [6.45, 7) is 3.16. The second-order valence-electron chi connectivity index (χ2n) is 7.38. The van der Waals surface area contributed by atoms with Gasteiger partial charge in [-0.2, -0.15) is 0 Å². The molecule has 146 valence electrons. The first kappa shape index (κ1) is 18.3. The van der Waals surface area contributed by atoms with Crippen LogP contribution in [0.2, 0.25) is 0 Å². The van der Waals surface area contributed by atoms with Crippen molar-refractivity contribution in [1.82, 2.24) is 0 Å². The maximum Gasteiger partial charge on any atom is 0.204 e. The maximum atomic E-state index is 13.1. The van der Waals surface area contributed by atoms with Gasteiger partial charge in [0.15, 0.2) is 6.10 Å². The van der Waals surface area contributed by atoms with E-state index in [1.54, 1.807) is 26.0 Å². The Balaban J connectivity index is 1.94. The molecule has 0 bridgehead atoms. The van der Waals surface area contributed by atoms with Gasteiger partial charge in [-0.05, 0) is 31.5 Å². The number of rotatable bonds is 3. The third-order valence-electron chi connectivity index (χ3n) is 4.98. The molecule has 3 N–H and O–H groups in total. The fraction of sp³-hybridized carbons (Fsp3) is 0.286. The number of benzene rings is 2. The van der Waals surface area contributed by atoms with Crippen molar-refractivity contribution in [1.29, 1.82) is 0 Å². The lowest BCUT2D eigenvalue weighted by Gasteiger charge is -2.28. The summed E-state index contributed by atoms with van der Waals surface area (Å²) < 4.78 is 16.9. The molecule has 4 rings (SSSR count). The molecule has 1 aliphatic rings. The van der Waals surface area contributed by atoms with Gasteiger partial charge >= 0.3 is 0 Å². The molecule has 7 nitrogen and oxygen atoms in total. The third-order valence-corrected chi connectivity index (χ3v) is 4.98. The lowest BCUT2D eigenvalue weighted by atomic mass is 9.93. The van der Waals surface area contributed by atoms with Gasteiger partial charge in [0.1, 0.15) is 40.6 Å². The van der Waals surface area contributed by atoms with Crippen LogP contribution in [0.5, 0.6) is 17.2 Å². The Morgan fingerprint density at radius 2 is 1.82 bits per heavy atom. The number of hydrogen-bond acceptors (Lipinski definition) is 7. The molecule has 0 saturated carbocycles. The van der Waals surface area contributed by atoms with Crippen molar-refractivity contribution >= 4 is 11.0 Å². The van der Waals surface area contributed by atoms with Crippen LogP contribution in [0.25, 0.3) is 22.1 Å². The molecular formula is C21H20O7. The molecule has 0 saturated heterocycles. The molecule has 2 aromatic carbocycles. The number of aliphatic hydroxyl groups is 1. The van der Waals surface area contributed by atoms with Crippen LogP contribution in [0.3, 0.4) is 0 Å². The van der Waals surface area contributed by atoms with Gasteiger partial charge in [0.25, 0.3) is 0 Å². The second-order valence-corrected chi connectivity index (χ2v) is 7.38. The van der Waals surface area contributed by atoms with Crippen molar-refractivity contribution in [3.8, 4) is 28.4 Å². The van der Waals surface area contributed by atoms with E-state index < -0.39 is 23.2 Å². The largest absolute Gasteiger partial charge is 0.508 e. The van der Waals surface area contributed by atoms with E-state index in [4.69, 9.17) is 13.9 Å². The molecular weight excluding hydrogens is 364 g/mol. The van der Waals surface area contributed by atoms with Crippen molar-refractivity contribution in [3.63, 3.8) is 0 Å². The first-order valence-corrected chi connectivity index (χ1v) is 8.75. The second kappa shape index (κ2) is 6.25. The van der Waals surface area contributed by atoms with Crippen LogP contribution >= 0.6 is 0 Å². The van der Waals surface area contributed by atoms with Gasteiger partial charge < -0.3 is 29.2 Å². The van der Waals surface area contributed by atoms with Crippen LogP contribution in [-0.4, -0.2) is 34.1 Å². The highest BCUT2D eigenvalue weighted by Gasteiger charge is 2.46. The fourth-order valence-electron chi connectivity index (χ4n) is 3.58. The standard InChI is InChI=1S/C21H20O7/c1-21(2,25)20-19(26-3)16-14(28-20)8-13-15(18(16)24)17(23)12(9-27-13)10-4-6-11(22)7-5-10/h4-9,19-20,22,24-25H,1-3H3. The number of hydrogen-bond donors (Lipinski definition) is 3. The first-order chi connectivity index (χ1) is 13.2. The summed E-state index contributed by atoms with van der Waals surface area (Å²) >= 11 is 0. The van der Waals surface area contributed by atoms with E-state index in [9.17, 15) is 20.1 Å². The average Bonchev–Trinajstić information content (AvgIpc) is 3.02. The van der Waals surface area contributed by atoms with Crippen molar-refractivity contribution in [3.05, 3.63) is 52.4 Å². The topological polar surface area (TPSA) is 109 Å². The Kier molecular flexibility index (Phi) is 4.10. The third kappa shape index (κ3) is 2.71. The summed E-state index contributed by atoms with van der Waals surface area (Å²) in [5, 5.41) is 30.8. The van der Waals surface area contributed by atoms with Crippen LogP contribution in [0.15, 0.2) is 45.8 Å². The summed E-state index contributed by atoms with van der Waals surface area (Å²) in [5.41, 5.74) is -0.412. The van der Waals surface area contributed by atoms with E-state index in [1.807, 2.05) is 0 Å². The summed E-state index contributed by atoms with van der Waals surface area (Å²) in [7, 11) is 1.45. The zero-order valence-electron chi connectivity index (χ0n) is 15.6. The number of fused-ring (bicyclic) bond motifs is 2. The zero-order valence-corrected chi connectivity index (χ0v) is 15.6. The van der Waals surface area contributed by atoms with Gasteiger partial charge in [-0.1, -0.05) is 12.1 Å². The highest BCUT2D eigenvalue weighted by atomic mass is 16.6. The minimum absolute atomic E-state index is 0.00590. The number of methoxy groups -OCH3 is 1. The smallest absolute Gasteiger partial charge is 0.204 e. The van der Waals surface area contributed by atoms with Crippen LogP contribution in [0.4, 0.5) is 0 Å². The Hall–Kier alpha value is -3.03. The van der Waals surface area contributed by atoms with Crippen LogP contribution < -0.4 is 10.2 Å². The van der Waals surface area contributed by atoms with Crippen molar-refractivity contribution in [2.75, 3.05) is 7.11 Å². The Bertz CT molecular complexity index is 1110. The van der Waals surface area contributed by atoms with E-state index in [0.29, 0.717) is 16.9 Å². The van der Waals surface area contributed by atoms with Crippen molar-refractivity contribution in [2.45, 2.75) is 31.7 Å². The van der Waals surface area contributed by atoms with Crippen molar-refractivity contribution < 1.29 is 29.2 Å². The molecule has 0 amide bonds. The summed E-state index contributed by atoms with van der Waals surface area (Å²) in [4.78, 5) is 13.1. The molecule has 28 heavy (non-hydrogen) atoms. The average molecular weight is 384 g/mol. The zero-order chi connectivity index (χ0) is 20.2. The van der Waals surface area contributed by atoms with E-state index in [2.05, 4.69) is 0 Å². The van der Waals surface area contributed by atoms with Crippen LogP contribution in [0.1, 0.15) is 25.5 Å². The van der Waals surface area contributed by atoms with E-state index in [0.717, 1.165) is 0 Å². The lowest BCUT2D eigenvalue weighted by Crippen LogP contribution is -2.42. The van der Waals surface area contributed by atoms with Gasteiger partial charge in [-0.25, -0.2) is 0 Å². The molecule has 2 heterocycles. The monoisotopic (exact) mass is 384 g/mol. The van der Waals surface area contributed by atoms with E-state index >= 15 is 0 Å². The van der Waals surface area contributed by atoms with E-state index in [-0.39, 0.29) is 28.0 Å². The summed E-state index contributed by atoms with van der Waals surface area (Å²) in [5.74, 6) is 0.0809. The molecule has 0 radical (unpaired) electrons. The molecule has 0 aliphatic carbocycles. The fourth-order valence-corrected chi connectivity index (χ4v) is 3.58. The first-order valence-electron chi connectivity index (χ1n) is 8.75. The highest BCUT2D eigenvalue weighted by molar-refractivity contribution is 5.90. The predicted octanol–water partition coefficient (Wildman–Crippen LogP) is 3.09. The number of phenols is 2. The van der Waals surface area contributed by atoms with Crippen LogP contribution in [0, 0.1) is 0 Å².